The summed E-state index contributed by atoms with van der Waals surface area (Å²) >= 11 is 0.822. The molecule has 0 aliphatic carbocycles. The number of nitrogens with zero attached hydrogens (tertiary/aromatic N) is 2. The third-order valence-corrected chi connectivity index (χ3v) is 4.32. The van der Waals surface area contributed by atoms with Crippen molar-refractivity contribution in [2.45, 2.75) is 13.0 Å². The number of amides is 1. The summed E-state index contributed by atoms with van der Waals surface area (Å²) in [7, 11) is 1.29. The summed E-state index contributed by atoms with van der Waals surface area (Å²) in [4.78, 5) is 36.0. The molecule has 1 heterocycles. The Labute approximate surface area is 142 Å². The van der Waals surface area contributed by atoms with E-state index >= 15 is 0 Å². The average molecular weight is 348 g/mol. The lowest BCUT2D eigenvalue weighted by Crippen LogP contribution is -2.32. The quantitative estimate of drug-likeness (QED) is 0.436. The van der Waals surface area contributed by atoms with Gasteiger partial charge in [0.1, 0.15) is 0 Å². The molecule has 1 amide bonds. The van der Waals surface area contributed by atoms with E-state index in [1.165, 1.54) is 24.1 Å². The molecule has 0 radical (unpaired) electrons. The third-order valence-electron chi connectivity index (χ3n) is 3.30. The normalized spacial score (nSPS) is 10.2. The summed E-state index contributed by atoms with van der Waals surface area (Å²) in [5, 5.41) is 10.7. The maximum absolute atomic E-state index is 12.6. The summed E-state index contributed by atoms with van der Waals surface area (Å²) < 4.78 is 4.61. The van der Waals surface area contributed by atoms with Crippen molar-refractivity contribution in [1.82, 2.24) is 4.90 Å². The van der Waals surface area contributed by atoms with Gasteiger partial charge in [0.05, 0.1) is 23.3 Å². The SMILES string of the molecule is COC(=O)CCN(Cc1ccccc1)C(=O)c1ccc([N+](=O)[O-])s1. The minimum absolute atomic E-state index is 0.0581. The maximum Gasteiger partial charge on any atom is 0.324 e. The van der Waals surface area contributed by atoms with Crippen LogP contribution in [-0.2, 0) is 16.1 Å². The molecule has 0 unspecified atom stereocenters. The lowest BCUT2D eigenvalue weighted by atomic mass is 10.2. The van der Waals surface area contributed by atoms with Gasteiger partial charge in [-0.05, 0) is 11.6 Å². The largest absolute Gasteiger partial charge is 0.469 e. The van der Waals surface area contributed by atoms with Gasteiger partial charge in [0.2, 0.25) is 0 Å². The molecule has 24 heavy (non-hydrogen) atoms. The van der Waals surface area contributed by atoms with Crippen molar-refractivity contribution in [3.8, 4) is 0 Å². The second-order valence-electron chi connectivity index (χ2n) is 4.93. The van der Waals surface area contributed by atoms with E-state index < -0.39 is 10.9 Å². The van der Waals surface area contributed by atoms with Crippen LogP contribution < -0.4 is 0 Å². The first kappa shape index (κ1) is 17.6. The van der Waals surface area contributed by atoms with Crippen LogP contribution in [0.3, 0.4) is 0 Å². The molecule has 0 atom stereocenters. The summed E-state index contributed by atoms with van der Waals surface area (Å²) in [6.45, 7) is 0.481. The molecule has 8 heteroatoms. The molecule has 0 spiro atoms. The first-order valence-electron chi connectivity index (χ1n) is 7.15. The molecule has 0 saturated carbocycles. The molecule has 0 N–H and O–H groups in total. The van der Waals surface area contributed by atoms with Crippen molar-refractivity contribution in [2.24, 2.45) is 0 Å². The Kier molecular flexibility index (Phi) is 6.02. The fraction of sp³-hybridized carbons (Fsp3) is 0.250. The van der Waals surface area contributed by atoms with Gasteiger partial charge < -0.3 is 9.64 Å². The van der Waals surface area contributed by atoms with E-state index in [1.54, 1.807) is 0 Å². The number of ether oxygens (including phenoxy) is 1. The van der Waals surface area contributed by atoms with Crippen molar-refractivity contribution in [2.75, 3.05) is 13.7 Å². The van der Waals surface area contributed by atoms with Crippen molar-refractivity contribution in [3.63, 3.8) is 0 Å². The summed E-state index contributed by atoms with van der Waals surface area (Å²) in [5.41, 5.74) is 0.904. The number of methoxy groups -OCH3 is 1. The zero-order valence-electron chi connectivity index (χ0n) is 13.0. The molecular formula is C16H16N2O5S. The van der Waals surface area contributed by atoms with Gasteiger partial charge in [0.25, 0.3) is 5.91 Å². The van der Waals surface area contributed by atoms with Crippen molar-refractivity contribution in [3.05, 3.63) is 63.0 Å². The van der Waals surface area contributed by atoms with Gasteiger partial charge in [0, 0.05) is 19.2 Å². The van der Waals surface area contributed by atoms with E-state index in [4.69, 9.17) is 0 Å². The number of nitro groups is 1. The number of carbonyl (C=O) groups excluding carboxylic acids is 2. The van der Waals surface area contributed by atoms with E-state index in [2.05, 4.69) is 4.74 Å². The lowest BCUT2D eigenvalue weighted by molar-refractivity contribution is -0.380. The van der Waals surface area contributed by atoms with Crippen LogP contribution in [0, 0.1) is 10.1 Å². The summed E-state index contributed by atoms with van der Waals surface area (Å²) in [6, 6.07) is 12.1. The van der Waals surface area contributed by atoms with Crippen molar-refractivity contribution < 1.29 is 19.2 Å². The van der Waals surface area contributed by atoms with Crippen LogP contribution in [-0.4, -0.2) is 35.4 Å². The van der Waals surface area contributed by atoms with E-state index in [1.807, 2.05) is 30.3 Å². The highest BCUT2D eigenvalue weighted by atomic mass is 32.1. The topological polar surface area (TPSA) is 89.8 Å². The van der Waals surface area contributed by atoms with Crippen molar-refractivity contribution >= 4 is 28.2 Å². The Hall–Kier alpha value is -2.74. The predicted octanol–water partition coefficient (Wildman–Crippen LogP) is 2.86. The Balaban J connectivity index is 2.17. The fourth-order valence-corrected chi connectivity index (χ4v) is 2.87. The highest BCUT2D eigenvalue weighted by Crippen LogP contribution is 2.25. The minimum Gasteiger partial charge on any atom is -0.469 e. The molecule has 1 aromatic heterocycles. The zero-order valence-corrected chi connectivity index (χ0v) is 13.8. The van der Waals surface area contributed by atoms with Gasteiger partial charge >= 0.3 is 11.0 Å². The number of hydrogen-bond donors (Lipinski definition) is 0. The van der Waals surface area contributed by atoms with Crippen LogP contribution in [0.2, 0.25) is 0 Å². The number of hydrogen-bond acceptors (Lipinski definition) is 6. The van der Waals surface area contributed by atoms with Crippen LogP contribution in [0.1, 0.15) is 21.7 Å². The highest BCUT2D eigenvalue weighted by molar-refractivity contribution is 7.17. The first-order valence-corrected chi connectivity index (χ1v) is 7.97. The molecule has 0 bridgehead atoms. The van der Waals surface area contributed by atoms with Gasteiger partial charge in [-0.25, -0.2) is 0 Å². The van der Waals surface area contributed by atoms with Gasteiger partial charge in [-0.2, -0.15) is 0 Å². The third kappa shape index (κ3) is 4.63. The van der Waals surface area contributed by atoms with E-state index in [-0.39, 0.29) is 28.8 Å². The number of thiophene rings is 1. The van der Waals surface area contributed by atoms with Crippen molar-refractivity contribution in [1.29, 1.82) is 0 Å². The molecular weight excluding hydrogens is 332 g/mol. The number of benzene rings is 1. The molecule has 1 aromatic carbocycles. The molecule has 0 fully saturated rings. The molecule has 0 aliphatic rings. The Morgan fingerprint density at radius 2 is 1.92 bits per heavy atom. The summed E-state index contributed by atoms with van der Waals surface area (Å²) in [5.74, 6) is -0.765. The van der Waals surface area contributed by atoms with Crippen LogP contribution in [0.4, 0.5) is 5.00 Å². The average Bonchev–Trinajstić information content (AvgIpc) is 3.09. The maximum atomic E-state index is 12.6. The molecule has 0 saturated heterocycles. The van der Waals surface area contributed by atoms with Gasteiger partial charge in [-0.1, -0.05) is 41.7 Å². The Bertz CT molecular complexity index is 729. The molecule has 126 valence electrons. The predicted molar refractivity (Wildman–Crippen MR) is 88.8 cm³/mol. The molecule has 7 nitrogen and oxygen atoms in total. The standard InChI is InChI=1S/C16H16N2O5S/c1-23-15(19)9-10-17(11-12-5-3-2-4-6-12)16(20)13-7-8-14(24-13)18(21)22/h2-8H,9-11H2,1H3. The van der Waals surface area contributed by atoms with Crippen LogP contribution >= 0.6 is 11.3 Å². The van der Waals surface area contributed by atoms with E-state index in [0.717, 1.165) is 16.9 Å². The second kappa shape index (κ2) is 8.21. The van der Waals surface area contributed by atoms with Crippen LogP contribution in [0.25, 0.3) is 0 Å². The first-order chi connectivity index (χ1) is 11.5. The lowest BCUT2D eigenvalue weighted by Gasteiger charge is -2.21. The highest BCUT2D eigenvalue weighted by Gasteiger charge is 2.21. The second-order valence-corrected chi connectivity index (χ2v) is 6.00. The Morgan fingerprint density at radius 3 is 2.50 bits per heavy atom. The zero-order chi connectivity index (χ0) is 17.5. The van der Waals surface area contributed by atoms with Gasteiger partial charge in [-0.15, -0.1) is 0 Å². The smallest absolute Gasteiger partial charge is 0.324 e. The molecule has 0 aliphatic heterocycles. The number of carbonyl (C=O) groups is 2. The van der Waals surface area contributed by atoms with Gasteiger partial charge in [0.15, 0.2) is 0 Å². The molecule has 2 aromatic rings. The fourth-order valence-electron chi connectivity index (χ4n) is 2.08. The van der Waals surface area contributed by atoms with E-state index in [0.29, 0.717) is 6.54 Å². The monoisotopic (exact) mass is 348 g/mol. The Morgan fingerprint density at radius 1 is 1.21 bits per heavy atom. The minimum atomic E-state index is -0.530. The van der Waals surface area contributed by atoms with Crippen LogP contribution in [0.15, 0.2) is 42.5 Å². The van der Waals surface area contributed by atoms with E-state index in [9.17, 15) is 19.7 Å². The summed E-state index contributed by atoms with van der Waals surface area (Å²) in [6.07, 6.45) is 0.0581. The number of esters is 1. The van der Waals surface area contributed by atoms with Crippen LogP contribution in [0.5, 0.6) is 0 Å². The van der Waals surface area contributed by atoms with Gasteiger partial charge in [-0.3, -0.25) is 19.7 Å². The molecule has 2 rings (SSSR count). The number of rotatable bonds is 7.